The van der Waals surface area contributed by atoms with E-state index in [1.54, 1.807) is 9.21 Å². The van der Waals surface area contributed by atoms with Crippen LogP contribution in [0.3, 0.4) is 0 Å². The Balaban J connectivity index is 1.78. The summed E-state index contributed by atoms with van der Waals surface area (Å²) in [6.45, 7) is 4.78. The maximum Gasteiger partial charge on any atom is 0.246 e. The predicted octanol–water partition coefficient (Wildman–Crippen LogP) is 1.38. The lowest BCUT2D eigenvalue weighted by Crippen LogP contribution is -2.58. The third-order valence-electron chi connectivity index (χ3n) is 4.43. The van der Waals surface area contributed by atoms with E-state index in [4.69, 9.17) is 0 Å². The minimum Gasteiger partial charge on any atom is -0.336 e. The number of carbonyl (C=O) groups is 1. The molecule has 1 aromatic rings. The summed E-state index contributed by atoms with van der Waals surface area (Å²) in [6.07, 6.45) is 2.94. The molecule has 2 aliphatic rings. The van der Waals surface area contributed by atoms with Gasteiger partial charge in [0.25, 0.3) is 0 Å². The van der Waals surface area contributed by atoms with E-state index in [9.17, 15) is 13.2 Å². The van der Waals surface area contributed by atoms with Gasteiger partial charge in [0.2, 0.25) is 15.9 Å². The van der Waals surface area contributed by atoms with Crippen LogP contribution in [0.1, 0.15) is 18.4 Å². The van der Waals surface area contributed by atoms with Gasteiger partial charge in [-0.3, -0.25) is 4.79 Å². The molecule has 1 aliphatic heterocycles. The van der Waals surface area contributed by atoms with E-state index in [2.05, 4.69) is 6.58 Å². The van der Waals surface area contributed by atoms with Crippen molar-refractivity contribution in [3.05, 3.63) is 48.6 Å². The normalized spacial score (nSPS) is 20.8. The van der Waals surface area contributed by atoms with E-state index in [-0.39, 0.29) is 17.2 Å². The van der Waals surface area contributed by atoms with Crippen molar-refractivity contribution in [2.75, 3.05) is 19.6 Å². The number of sulfonamides is 1. The largest absolute Gasteiger partial charge is 0.336 e. The SMILES string of the molecule is C=CC(=O)N1CCN(S(=O)(=O)Cc2ccccc2)C2(CC2)C1. The number of carbonyl (C=O) groups excluding carboxylic acids is 1. The number of hydrogen-bond donors (Lipinski definition) is 0. The molecule has 1 heterocycles. The van der Waals surface area contributed by atoms with E-state index in [1.807, 2.05) is 30.3 Å². The fourth-order valence-electron chi connectivity index (χ4n) is 3.13. The Morgan fingerprint density at radius 3 is 2.50 bits per heavy atom. The molecule has 1 spiro atoms. The standard InChI is InChI=1S/C16H20N2O3S/c1-2-15(19)17-10-11-18(16(13-17)8-9-16)22(20,21)12-14-6-4-3-5-7-14/h2-7H,1,8-13H2. The van der Waals surface area contributed by atoms with Crippen molar-refractivity contribution in [1.29, 1.82) is 0 Å². The van der Waals surface area contributed by atoms with Crippen molar-refractivity contribution < 1.29 is 13.2 Å². The Kier molecular flexibility index (Phi) is 3.82. The Morgan fingerprint density at radius 2 is 1.91 bits per heavy atom. The van der Waals surface area contributed by atoms with Gasteiger partial charge in [-0.1, -0.05) is 36.9 Å². The van der Waals surface area contributed by atoms with Crippen molar-refractivity contribution in [1.82, 2.24) is 9.21 Å². The van der Waals surface area contributed by atoms with Crippen LogP contribution in [0.5, 0.6) is 0 Å². The van der Waals surface area contributed by atoms with Gasteiger partial charge in [-0.15, -0.1) is 0 Å². The summed E-state index contributed by atoms with van der Waals surface area (Å²) in [5, 5.41) is 0. The van der Waals surface area contributed by atoms with Crippen molar-refractivity contribution in [3.63, 3.8) is 0 Å². The molecule has 1 saturated heterocycles. The average Bonchev–Trinajstić information content (AvgIpc) is 3.26. The van der Waals surface area contributed by atoms with Crippen LogP contribution in [0.4, 0.5) is 0 Å². The summed E-state index contributed by atoms with van der Waals surface area (Å²) < 4.78 is 27.1. The van der Waals surface area contributed by atoms with Gasteiger partial charge in [0.05, 0.1) is 11.3 Å². The summed E-state index contributed by atoms with van der Waals surface area (Å²) in [4.78, 5) is 13.5. The van der Waals surface area contributed by atoms with E-state index in [1.165, 1.54) is 6.08 Å². The van der Waals surface area contributed by atoms with Crippen LogP contribution in [-0.2, 0) is 20.6 Å². The Bertz CT molecular complexity index is 681. The second-order valence-corrected chi connectivity index (χ2v) is 7.90. The first-order chi connectivity index (χ1) is 10.5. The van der Waals surface area contributed by atoms with Gasteiger partial charge in [0.1, 0.15) is 0 Å². The van der Waals surface area contributed by atoms with Gasteiger partial charge >= 0.3 is 0 Å². The molecule has 0 aromatic heterocycles. The molecule has 0 atom stereocenters. The van der Waals surface area contributed by atoms with Gasteiger partial charge in [-0.25, -0.2) is 8.42 Å². The molecule has 6 heteroatoms. The molecule has 0 unspecified atom stereocenters. The van der Waals surface area contributed by atoms with Gasteiger partial charge in [-0.05, 0) is 24.5 Å². The molecule has 0 radical (unpaired) electrons. The fraction of sp³-hybridized carbons (Fsp3) is 0.438. The van der Waals surface area contributed by atoms with E-state index in [0.29, 0.717) is 19.6 Å². The Labute approximate surface area is 131 Å². The van der Waals surface area contributed by atoms with E-state index < -0.39 is 10.0 Å². The number of piperazine rings is 1. The lowest BCUT2D eigenvalue weighted by Gasteiger charge is -2.40. The quantitative estimate of drug-likeness (QED) is 0.788. The van der Waals surface area contributed by atoms with Gasteiger partial charge in [-0.2, -0.15) is 4.31 Å². The van der Waals surface area contributed by atoms with Crippen LogP contribution in [-0.4, -0.2) is 48.7 Å². The topological polar surface area (TPSA) is 57.7 Å². The molecular weight excluding hydrogens is 300 g/mol. The van der Waals surface area contributed by atoms with Crippen LogP contribution in [0, 0.1) is 0 Å². The first kappa shape index (κ1) is 15.2. The molecule has 1 saturated carbocycles. The first-order valence-electron chi connectivity index (χ1n) is 7.43. The zero-order valence-corrected chi connectivity index (χ0v) is 13.3. The minimum atomic E-state index is -3.37. The van der Waals surface area contributed by atoms with Crippen molar-refractivity contribution in [3.8, 4) is 0 Å². The molecule has 3 rings (SSSR count). The second kappa shape index (κ2) is 5.52. The molecule has 1 amide bonds. The average molecular weight is 320 g/mol. The third-order valence-corrected chi connectivity index (χ3v) is 6.37. The van der Waals surface area contributed by atoms with Crippen molar-refractivity contribution in [2.45, 2.75) is 24.1 Å². The van der Waals surface area contributed by atoms with Crippen LogP contribution in [0.25, 0.3) is 0 Å². The number of amides is 1. The van der Waals surface area contributed by atoms with E-state index >= 15 is 0 Å². The second-order valence-electron chi connectivity index (χ2n) is 6.00. The zero-order chi connectivity index (χ0) is 15.8. The molecular formula is C16H20N2O3S. The summed E-state index contributed by atoms with van der Waals surface area (Å²) in [5.74, 6) is -0.100. The summed E-state index contributed by atoms with van der Waals surface area (Å²) in [7, 11) is -3.37. The highest BCUT2D eigenvalue weighted by molar-refractivity contribution is 7.88. The highest BCUT2D eigenvalue weighted by Gasteiger charge is 2.55. The maximum atomic E-state index is 12.8. The zero-order valence-electron chi connectivity index (χ0n) is 12.4. The first-order valence-corrected chi connectivity index (χ1v) is 9.04. The fourth-order valence-corrected chi connectivity index (χ4v) is 5.09. The minimum absolute atomic E-state index is 0.0188. The van der Waals surface area contributed by atoms with Gasteiger partial charge in [0.15, 0.2) is 0 Å². The van der Waals surface area contributed by atoms with Crippen molar-refractivity contribution >= 4 is 15.9 Å². The lowest BCUT2D eigenvalue weighted by molar-refractivity contribution is -0.128. The lowest BCUT2D eigenvalue weighted by atomic mass is 10.2. The molecule has 2 fully saturated rings. The molecule has 22 heavy (non-hydrogen) atoms. The van der Waals surface area contributed by atoms with E-state index in [0.717, 1.165) is 18.4 Å². The molecule has 1 aliphatic carbocycles. The van der Waals surface area contributed by atoms with Crippen LogP contribution < -0.4 is 0 Å². The number of rotatable bonds is 4. The van der Waals surface area contributed by atoms with Gasteiger partial charge < -0.3 is 4.90 Å². The van der Waals surface area contributed by atoms with Crippen LogP contribution in [0.15, 0.2) is 43.0 Å². The van der Waals surface area contributed by atoms with Crippen LogP contribution in [0.2, 0.25) is 0 Å². The highest BCUT2D eigenvalue weighted by atomic mass is 32.2. The molecule has 0 N–H and O–H groups in total. The monoisotopic (exact) mass is 320 g/mol. The third kappa shape index (κ3) is 2.80. The Morgan fingerprint density at radius 1 is 1.23 bits per heavy atom. The number of benzene rings is 1. The molecule has 118 valence electrons. The molecule has 1 aromatic carbocycles. The number of hydrogen-bond acceptors (Lipinski definition) is 3. The summed E-state index contributed by atoms with van der Waals surface area (Å²) in [6, 6.07) is 9.22. The smallest absolute Gasteiger partial charge is 0.246 e. The molecule has 5 nitrogen and oxygen atoms in total. The summed E-state index contributed by atoms with van der Waals surface area (Å²) >= 11 is 0. The maximum absolute atomic E-state index is 12.8. The predicted molar refractivity (Wildman–Crippen MR) is 84.5 cm³/mol. The van der Waals surface area contributed by atoms with Crippen LogP contribution >= 0.6 is 0 Å². The van der Waals surface area contributed by atoms with Gasteiger partial charge in [0, 0.05) is 19.6 Å². The Hall–Kier alpha value is -1.66. The molecule has 0 bridgehead atoms. The summed E-state index contributed by atoms with van der Waals surface area (Å²) in [5.41, 5.74) is 0.410. The highest BCUT2D eigenvalue weighted by Crippen LogP contribution is 2.46. The van der Waals surface area contributed by atoms with Crippen molar-refractivity contribution in [2.24, 2.45) is 0 Å². The number of nitrogens with zero attached hydrogens (tertiary/aromatic N) is 2.